The van der Waals surface area contributed by atoms with E-state index in [2.05, 4.69) is 86.8 Å². The molecule has 0 aliphatic rings. The van der Waals surface area contributed by atoms with Gasteiger partial charge in [-0.05, 0) is 89.9 Å². The van der Waals surface area contributed by atoms with Crippen LogP contribution < -0.4 is 5.32 Å². The largest absolute Gasteiger partial charge is 0.462 e. The van der Waals surface area contributed by atoms with Gasteiger partial charge in [-0.3, -0.25) is 9.59 Å². The normalized spacial score (nSPS) is 13.9. The first-order valence-electron chi connectivity index (χ1n) is 23.5. The lowest BCUT2D eigenvalue weighted by molar-refractivity contribution is -0.151. The number of hydrogen-bond acceptors (Lipinski definition) is 5. The number of nitrogens with one attached hydrogen (secondary N) is 1. The first-order chi connectivity index (χ1) is 27.5. The Labute approximate surface area is 346 Å². The maximum Gasteiger partial charge on any atom is 0.306 e. The van der Waals surface area contributed by atoms with Gasteiger partial charge >= 0.3 is 5.97 Å². The highest BCUT2D eigenvalue weighted by atomic mass is 16.5. The fourth-order valence-electron chi connectivity index (χ4n) is 6.69. The van der Waals surface area contributed by atoms with Crippen molar-refractivity contribution in [2.75, 3.05) is 6.61 Å². The van der Waals surface area contributed by atoms with Gasteiger partial charge in [-0.1, -0.05) is 178 Å². The van der Waals surface area contributed by atoms with Crippen LogP contribution in [0.15, 0.2) is 60.8 Å². The average molecular weight is 784 g/mol. The van der Waals surface area contributed by atoms with Crippen LogP contribution in [0.5, 0.6) is 0 Å². The lowest BCUT2D eigenvalue weighted by Crippen LogP contribution is -2.46. The topological polar surface area (TPSA) is 95.9 Å². The van der Waals surface area contributed by atoms with E-state index in [1.165, 1.54) is 77.0 Å². The number of hydrogen-bond donors (Lipinski definition) is 3. The zero-order chi connectivity index (χ0) is 41.0. The second-order valence-corrected chi connectivity index (χ2v) is 15.8. The molecule has 0 spiro atoms. The predicted octanol–water partition coefficient (Wildman–Crippen LogP) is 13.7. The third-order valence-corrected chi connectivity index (χ3v) is 10.3. The van der Waals surface area contributed by atoms with Gasteiger partial charge in [0.25, 0.3) is 0 Å². The van der Waals surface area contributed by atoms with Crippen molar-refractivity contribution in [1.82, 2.24) is 5.32 Å². The molecule has 0 rings (SSSR count). The standard InChI is InChI=1S/C50H89NO5/c1-4-7-10-13-16-19-20-21-22-23-24-25-26-27-28-31-34-37-40-43-50(55)56-46(41-38-35-32-29-17-14-11-8-5-2)44-49(54)51-47(45-52)48(53)42-39-36-33-30-18-15-12-9-6-3/h14,16-17,19,21-22,24-25,27-28,46-48,52-53H,4-13,15,18,20,23,26,29-45H2,1-3H3,(H,51,54)/b17-14-,19-16-,22-21-,25-24-,28-27-. The summed E-state index contributed by atoms with van der Waals surface area (Å²) in [7, 11) is 0. The molecule has 0 saturated carbocycles. The highest BCUT2D eigenvalue weighted by molar-refractivity contribution is 5.77. The molecule has 0 bridgehead atoms. The summed E-state index contributed by atoms with van der Waals surface area (Å²) in [6.07, 6.45) is 52.9. The molecular weight excluding hydrogens is 695 g/mol. The monoisotopic (exact) mass is 784 g/mol. The summed E-state index contributed by atoms with van der Waals surface area (Å²) >= 11 is 0. The van der Waals surface area contributed by atoms with Gasteiger partial charge in [0.1, 0.15) is 6.10 Å². The van der Waals surface area contributed by atoms with Crippen LogP contribution in [-0.4, -0.2) is 46.9 Å². The maximum absolute atomic E-state index is 13.1. The molecule has 0 aromatic heterocycles. The lowest BCUT2D eigenvalue weighted by atomic mass is 10.0. The maximum atomic E-state index is 13.1. The van der Waals surface area contributed by atoms with Gasteiger partial charge in [-0.2, -0.15) is 0 Å². The van der Waals surface area contributed by atoms with Gasteiger partial charge in [0.2, 0.25) is 5.91 Å². The number of carbonyl (C=O) groups is 2. The summed E-state index contributed by atoms with van der Waals surface area (Å²) in [5.41, 5.74) is 0. The molecule has 1 amide bonds. The zero-order valence-corrected chi connectivity index (χ0v) is 36.8. The Bertz CT molecular complexity index is 1010. The van der Waals surface area contributed by atoms with Crippen LogP contribution in [0.1, 0.15) is 220 Å². The van der Waals surface area contributed by atoms with E-state index in [4.69, 9.17) is 4.74 Å². The van der Waals surface area contributed by atoms with Crippen LogP contribution in [0.3, 0.4) is 0 Å². The molecule has 0 radical (unpaired) electrons. The summed E-state index contributed by atoms with van der Waals surface area (Å²) in [5.74, 6) is -0.533. The van der Waals surface area contributed by atoms with Gasteiger partial charge in [-0.15, -0.1) is 0 Å². The Morgan fingerprint density at radius 2 is 0.929 bits per heavy atom. The fourth-order valence-corrected chi connectivity index (χ4v) is 6.69. The first-order valence-corrected chi connectivity index (χ1v) is 23.5. The number of allylic oxidation sites excluding steroid dienone is 10. The third kappa shape index (κ3) is 38.4. The number of esters is 1. The Kier molecular flexibility index (Phi) is 41.8. The number of aliphatic hydroxyl groups is 2. The number of rotatable bonds is 41. The minimum Gasteiger partial charge on any atom is -0.462 e. The Balaban J connectivity index is 4.56. The smallest absolute Gasteiger partial charge is 0.306 e. The summed E-state index contributed by atoms with van der Waals surface area (Å²) < 4.78 is 5.87. The molecule has 324 valence electrons. The van der Waals surface area contributed by atoms with E-state index in [0.717, 1.165) is 96.3 Å². The zero-order valence-electron chi connectivity index (χ0n) is 36.8. The van der Waals surface area contributed by atoms with Crippen LogP contribution in [0.25, 0.3) is 0 Å². The molecule has 0 aromatic rings. The number of carbonyl (C=O) groups excluding carboxylic acids is 2. The van der Waals surface area contributed by atoms with E-state index in [1.807, 2.05) is 0 Å². The molecule has 0 heterocycles. The van der Waals surface area contributed by atoms with Crippen molar-refractivity contribution in [3.8, 4) is 0 Å². The predicted molar refractivity (Wildman–Crippen MR) is 241 cm³/mol. The van der Waals surface area contributed by atoms with Crippen LogP contribution >= 0.6 is 0 Å². The van der Waals surface area contributed by atoms with Crippen molar-refractivity contribution < 1.29 is 24.5 Å². The highest BCUT2D eigenvalue weighted by Crippen LogP contribution is 2.16. The van der Waals surface area contributed by atoms with E-state index in [9.17, 15) is 19.8 Å². The molecule has 6 heteroatoms. The third-order valence-electron chi connectivity index (χ3n) is 10.3. The fraction of sp³-hybridized carbons (Fsp3) is 0.760. The molecule has 3 N–H and O–H groups in total. The molecule has 3 atom stereocenters. The Morgan fingerprint density at radius 1 is 0.518 bits per heavy atom. The van der Waals surface area contributed by atoms with Crippen LogP contribution in [0, 0.1) is 0 Å². The lowest BCUT2D eigenvalue weighted by Gasteiger charge is -2.24. The molecule has 0 aliphatic carbocycles. The summed E-state index contributed by atoms with van der Waals surface area (Å²) in [4.78, 5) is 25.9. The van der Waals surface area contributed by atoms with Gasteiger partial charge in [0, 0.05) is 6.42 Å². The molecular formula is C50H89NO5. The minimum atomic E-state index is -0.795. The molecule has 0 aromatic carbocycles. The van der Waals surface area contributed by atoms with E-state index in [0.29, 0.717) is 19.3 Å². The van der Waals surface area contributed by atoms with Crippen LogP contribution in [0.4, 0.5) is 0 Å². The van der Waals surface area contributed by atoms with Crippen LogP contribution in [-0.2, 0) is 14.3 Å². The molecule has 6 nitrogen and oxygen atoms in total. The van der Waals surface area contributed by atoms with E-state index < -0.39 is 18.2 Å². The first kappa shape index (κ1) is 53.6. The molecule has 56 heavy (non-hydrogen) atoms. The average Bonchev–Trinajstić information content (AvgIpc) is 3.19. The van der Waals surface area contributed by atoms with E-state index in [-0.39, 0.29) is 24.9 Å². The molecule has 0 aliphatic heterocycles. The van der Waals surface area contributed by atoms with Crippen LogP contribution in [0.2, 0.25) is 0 Å². The van der Waals surface area contributed by atoms with Crippen molar-refractivity contribution in [1.29, 1.82) is 0 Å². The highest BCUT2D eigenvalue weighted by Gasteiger charge is 2.24. The number of amides is 1. The molecule has 3 unspecified atom stereocenters. The molecule has 0 fully saturated rings. The minimum absolute atomic E-state index is 0.0516. The Morgan fingerprint density at radius 3 is 1.48 bits per heavy atom. The van der Waals surface area contributed by atoms with Crippen molar-refractivity contribution in [2.45, 2.75) is 238 Å². The summed E-state index contributed by atoms with van der Waals surface area (Å²) in [6, 6.07) is -0.711. The number of ether oxygens (including phenoxy) is 1. The van der Waals surface area contributed by atoms with Crippen molar-refractivity contribution >= 4 is 11.9 Å². The van der Waals surface area contributed by atoms with Gasteiger partial charge < -0.3 is 20.3 Å². The second kappa shape index (κ2) is 43.7. The van der Waals surface area contributed by atoms with Gasteiger partial charge in [0.15, 0.2) is 0 Å². The summed E-state index contributed by atoms with van der Waals surface area (Å²) in [6.45, 7) is 6.36. The van der Waals surface area contributed by atoms with E-state index >= 15 is 0 Å². The number of aliphatic hydroxyl groups excluding tert-OH is 2. The quantitative estimate of drug-likeness (QED) is 0.0326. The van der Waals surface area contributed by atoms with E-state index in [1.54, 1.807) is 0 Å². The van der Waals surface area contributed by atoms with Crippen molar-refractivity contribution in [2.24, 2.45) is 0 Å². The molecule has 0 saturated heterocycles. The van der Waals surface area contributed by atoms with Crippen molar-refractivity contribution in [3.05, 3.63) is 60.8 Å². The van der Waals surface area contributed by atoms with Crippen molar-refractivity contribution in [3.63, 3.8) is 0 Å². The van der Waals surface area contributed by atoms with Gasteiger partial charge in [0.05, 0.1) is 25.2 Å². The second-order valence-electron chi connectivity index (χ2n) is 15.8. The van der Waals surface area contributed by atoms with Gasteiger partial charge in [-0.25, -0.2) is 0 Å². The SMILES string of the molecule is CCCC/C=C\CCCCCC(CC(=O)NC(CO)C(O)CCCCCCCCCCC)OC(=O)CCCCC/C=C\C/C=C\C/C=C\C/C=C\CCCCC. The Hall–Kier alpha value is -2.44. The summed E-state index contributed by atoms with van der Waals surface area (Å²) in [5, 5.41) is 23.5. The number of unbranched alkanes of at least 4 members (excludes halogenated alkanes) is 19.